The van der Waals surface area contributed by atoms with Crippen molar-refractivity contribution < 1.29 is 30.3 Å². The highest BCUT2D eigenvalue weighted by Crippen LogP contribution is 2.45. The number of carboxylic acids is 1. The minimum Gasteiger partial charge on any atom is -0.481 e. The molecule has 0 aromatic heterocycles. The van der Waals surface area contributed by atoms with Gasteiger partial charge in [0.15, 0.2) is 0 Å². The van der Waals surface area contributed by atoms with Crippen molar-refractivity contribution in [3.05, 3.63) is 0 Å². The lowest BCUT2D eigenvalue weighted by atomic mass is 9.84. The van der Waals surface area contributed by atoms with Crippen LogP contribution in [0.4, 0.5) is 0 Å². The Bertz CT molecular complexity index is 351. The van der Waals surface area contributed by atoms with E-state index in [1.165, 1.54) is 0 Å². The molecule has 2 heterocycles. The number of fused-ring (bicyclic) bond motifs is 2. The number of hydrogen-bond acceptors (Lipinski definition) is 6. The van der Waals surface area contributed by atoms with Crippen molar-refractivity contribution in [2.45, 2.75) is 49.7 Å². The third-order valence-corrected chi connectivity index (χ3v) is 4.38. The smallest absolute Gasteiger partial charge is 0.310 e. The van der Waals surface area contributed by atoms with Crippen molar-refractivity contribution in [1.29, 1.82) is 0 Å². The average molecular weight is 275 g/mol. The maximum absolute atomic E-state index is 11.3. The van der Waals surface area contributed by atoms with E-state index in [1.807, 2.05) is 0 Å². The SMILES string of the molecule is O=C(O)[C@@H]1[C@@H](O)[C@H](O)[C@]2(O)CC[C@H]1N2CCCCO. The second-order valence-electron chi connectivity index (χ2n) is 5.41. The first-order valence-electron chi connectivity index (χ1n) is 6.62. The number of piperidine rings is 1. The first-order chi connectivity index (χ1) is 8.93. The van der Waals surface area contributed by atoms with Gasteiger partial charge in [-0.05, 0) is 25.7 Å². The van der Waals surface area contributed by atoms with E-state index in [0.29, 0.717) is 25.8 Å². The summed E-state index contributed by atoms with van der Waals surface area (Å²) >= 11 is 0. The molecule has 0 amide bonds. The van der Waals surface area contributed by atoms with E-state index in [9.17, 15) is 25.2 Å². The second kappa shape index (κ2) is 5.34. The number of unbranched alkanes of at least 4 members (excludes halogenated alkanes) is 1. The Balaban J connectivity index is 2.20. The lowest BCUT2D eigenvalue weighted by Gasteiger charge is -2.48. The van der Waals surface area contributed by atoms with Gasteiger partial charge in [0.05, 0.1) is 6.10 Å². The van der Waals surface area contributed by atoms with Crippen LogP contribution in [0.3, 0.4) is 0 Å². The van der Waals surface area contributed by atoms with Crippen LogP contribution >= 0.6 is 0 Å². The number of carbonyl (C=O) groups is 1. The molecule has 2 rings (SSSR count). The van der Waals surface area contributed by atoms with Gasteiger partial charge in [-0.2, -0.15) is 0 Å². The Morgan fingerprint density at radius 1 is 1.32 bits per heavy atom. The van der Waals surface area contributed by atoms with Crippen molar-refractivity contribution >= 4 is 5.97 Å². The van der Waals surface area contributed by atoms with Gasteiger partial charge >= 0.3 is 5.97 Å². The molecule has 0 saturated carbocycles. The summed E-state index contributed by atoms with van der Waals surface area (Å²) in [5.41, 5.74) is -1.55. The standard InChI is InChI=1S/C12H21NO6/c14-6-2-1-5-13-7-3-4-12(13,19)10(16)9(15)8(7)11(17)18/h7-10,14-16,19H,1-6H2,(H,17,18)/t7-,8+,9-,10+,12-/m1/s1. The first-order valence-corrected chi connectivity index (χ1v) is 6.62. The molecule has 5 atom stereocenters. The van der Waals surface area contributed by atoms with E-state index in [0.717, 1.165) is 0 Å². The molecule has 19 heavy (non-hydrogen) atoms. The van der Waals surface area contributed by atoms with Crippen LogP contribution in [0.1, 0.15) is 25.7 Å². The Morgan fingerprint density at radius 3 is 2.58 bits per heavy atom. The minimum absolute atomic E-state index is 0.0322. The van der Waals surface area contributed by atoms with Crippen LogP contribution in [0.25, 0.3) is 0 Å². The molecule has 0 aromatic carbocycles. The molecule has 5 N–H and O–H groups in total. The number of aliphatic carboxylic acids is 1. The van der Waals surface area contributed by atoms with Gasteiger partial charge < -0.3 is 25.5 Å². The third-order valence-electron chi connectivity index (χ3n) is 4.38. The number of rotatable bonds is 5. The Morgan fingerprint density at radius 2 is 2.00 bits per heavy atom. The monoisotopic (exact) mass is 275 g/mol. The number of carboxylic acid groups (broad SMARTS) is 1. The van der Waals surface area contributed by atoms with Crippen LogP contribution in [0.2, 0.25) is 0 Å². The summed E-state index contributed by atoms with van der Waals surface area (Å²) in [5, 5.41) is 48.4. The minimum atomic E-state index is -1.55. The molecule has 110 valence electrons. The number of aliphatic hydroxyl groups is 4. The lowest BCUT2D eigenvalue weighted by Crippen LogP contribution is -2.68. The highest BCUT2D eigenvalue weighted by Gasteiger charge is 2.62. The van der Waals surface area contributed by atoms with Crippen LogP contribution in [0.5, 0.6) is 0 Å². The molecule has 2 aliphatic heterocycles. The summed E-state index contributed by atoms with van der Waals surface area (Å²) in [7, 11) is 0. The highest BCUT2D eigenvalue weighted by molar-refractivity contribution is 5.72. The zero-order valence-electron chi connectivity index (χ0n) is 10.6. The van der Waals surface area contributed by atoms with E-state index in [4.69, 9.17) is 5.11 Å². The topological polar surface area (TPSA) is 121 Å². The summed E-state index contributed by atoms with van der Waals surface area (Å²) < 4.78 is 0. The molecule has 2 saturated heterocycles. The molecule has 2 aliphatic rings. The average Bonchev–Trinajstić information content (AvgIpc) is 2.63. The largest absolute Gasteiger partial charge is 0.481 e. The number of hydrogen-bond donors (Lipinski definition) is 5. The Kier molecular flexibility index (Phi) is 4.12. The number of nitrogens with zero attached hydrogens (tertiary/aromatic N) is 1. The summed E-state index contributed by atoms with van der Waals surface area (Å²) in [6.45, 7) is 0.430. The van der Waals surface area contributed by atoms with Crippen LogP contribution in [0, 0.1) is 5.92 Å². The fourth-order valence-corrected chi connectivity index (χ4v) is 3.40. The van der Waals surface area contributed by atoms with Crippen molar-refractivity contribution in [1.82, 2.24) is 4.90 Å². The van der Waals surface area contributed by atoms with Crippen LogP contribution < -0.4 is 0 Å². The highest BCUT2D eigenvalue weighted by atomic mass is 16.4. The molecule has 0 aromatic rings. The maximum Gasteiger partial charge on any atom is 0.310 e. The Labute approximate surface area is 111 Å². The zero-order chi connectivity index (χ0) is 14.2. The molecule has 2 bridgehead atoms. The van der Waals surface area contributed by atoms with Gasteiger partial charge in [-0.1, -0.05) is 0 Å². The number of aliphatic hydroxyl groups excluding tert-OH is 3. The van der Waals surface area contributed by atoms with Crippen LogP contribution in [-0.2, 0) is 4.79 Å². The summed E-state index contributed by atoms with van der Waals surface area (Å²) in [4.78, 5) is 12.8. The van der Waals surface area contributed by atoms with E-state index in [-0.39, 0.29) is 13.0 Å². The van der Waals surface area contributed by atoms with E-state index < -0.39 is 35.9 Å². The fraction of sp³-hybridized carbons (Fsp3) is 0.917. The quantitative estimate of drug-likeness (QED) is 0.381. The molecule has 2 fully saturated rings. The maximum atomic E-state index is 11.3. The molecule has 7 nitrogen and oxygen atoms in total. The van der Waals surface area contributed by atoms with Crippen molar-refractivity contribution in [3.63, 3.8) is 0 Å². The van der Waals surface area contributed by atoms with Crippen molar-refractivity contribution in [2.24, 2.45) is 5.92 Å². The predicted octanol–water partition coefficient (Wildman–Crippen LogP) is -1.65. The van der Waals surface area contributed by atoms with Crippen molar-refractivity contribution in [3.8, 4) is 0 Å². The second-order valence-corrected chi connectivity index (χ2v) is 5.41. The summed E-state index contributed by atoms with van der Waals surface area (Å²) in [5.74, 6) is -2.25. The van der Waals surface area contributed by atoms with Gasteiger partial charge in [0.25, 0.3) is 0 Å². The van der Waals surface area contributed by atoms with E-state index in [2.05, 4.69) is 0 Å². The van der Waals surface area contributed by atoms with Gasteiger partial charge in [-0.15, -0.1) is 0 Å². The molecular formula is C12H21NO6. The van der Waals surface area contributed by atoms with Gasteiger partial charge in [0, 0.05) is 19.2 Å². The predicted molar refractivity (Wildman–Crippen MR) is 64.1 cm³/mol. The first kappa shape index (κ1) is 14.7. The van der Waals surface area contributed by atoms with Crippen LogP contribution in [0.15, 0.2) is 0 Å². The fourth-order valence-electron chi connectivity index (χ4n) is 3.40. The van der Waals surface area contributed by atoms with Gasteiger partial charge in [0.2, 0.25) is 0 Å². The summed E-state index contributed by atoms with van der Waals surface area (Å²) in [6, 6.07) is -0.473. The van der Waals surface area contributed by atoms with Gasteiger partial charge in [0.1, 0.15) is 17.7 Å². The molecule has 0 spiro atoms. The Hall–Kier alpha value is -0.730. The van der Waals surface area contributed by atoms with Crippen molar-refractivity contribution in [2.75, 3.05) is 13.2 Å². The molecule has 0 radical (unpaired) electrons. The molecule has 0 unspecified atom stereocenters. The molecular weight excluding hydrogens is 254 g/mol. The third kappa shape index (κ3) is 2.25. The van der Waals surface area contributed by atoms with E-state index >= 15 is 0 Å². The van der Waals surface area contributed by atoms with Gasteiger partial charge in [-0.25, -0.2) is 0 Å². The normalized spacial score (nSPS) is 42.5. The van der Waals surface area contributed by atoms with E-state index in [1.54, 1.807) is 4.90 Å². The van der Waals surface area contributed by atoms with Crippen LogP contribution in [-0.4, -0.2) is 73.5 Å². The van der Waals surface area contributed by atoms with Gasteiger partial charge in [-0.3, -0.25) is 9.69 Å². The molecule has 0 aliphatic carbocycles. The summed E-state index contributed by atoms with van der Waals surface area (Å²) in [6.07, 6.45) is -1.11. The molecule has 7 heteroatoms. The zero-order valence-corrected chi connectivity index (χ0v) is 10.6. The lowest BCUT2D eigenvalue weighted by molar-refractivity contribution is -0.240.